The Labute approximate surface area is 189 Å². The number of primary amides is 1. The predicted octanol–water partition coefficient (Wildman–Crippen LogP) is 2.05. The van der Waals surface area contributed by atoms with Crippen LogP contribution in [-0.4, -0.2) is 38.7 Å². The van der Waals surface area contributed by atoms with Crippen molar-refractivity contribution >= 4 is 17.8 Å². The number of nitrogens with one attached hydrogen (secondary N) is 1. The molecule has 170 valence electrons. The molecule has 0 aliphatic carbocycles. The molecule has 2 aromatic carbocycles. The number of nitrogens with zero attached hydrogens (tertiary/aromatic N) is 2. The van der Waals surface area contributed by atoms with E-state index in [1.165, 1.54) is 4.68 Å². The van der Waals surface area contributed by atoms with Crippen molar-refractivity contribution in [1.29, 1.82) is 0 Å². The Morgan fingerprint density at radius 2 is 1.61 bits per heavy atom. The molecule has 0 bridgehead atoms. The van der Waals surface area contributed by atoms with Crippen molar-refractivity contribution in [2.45, 2.75) is 32.4 Å². The fourth-order valence-electron chi connectivity index (χ4n) is 3.45. The van der Waals surface area contributed by atoms with Gasteiger partial charge in [0.15, 0.2) is 0 Å². The van der Waals surface area contributed by atoms with E-state index in [9.17, 15) is 24.3 Å². The Morgan fingerprint density at radius 3 is 2.12 bits per heavy atom. The molecule has 3 aromatic rings. The second-order valence-electron chi connectivity index (χ2n) is 7.32. The van der Waals surface area contributed by atoms with E-state index in [-0.39, 0.29) is 24.9 Å². The molecule has 0 aliphatic rings. The van der Waals surface area contributed by atoms with Gasteiger partial charge >= 0.3 is 5.97 Å². The van der Waals surface area contributed by atoms with Crippen LogP contribution >= 0.6 is 0 Å². The van der Waals surface area contributed by atoms with Gasteiger partial charge in [0.25, 0.3) is 11.5 Å². The maximum absolute atomic E-state index is 13.3. The van der Waals surface area contributed by atoms with Crippen molar-refractivity contribution in [2.24, 2.45) is 5.73 Å². The molecule has 0 saturated heterocycles. The molecule has 33 heavy (non-hydrogen) atoms. The van der Waals surface area contributed by atoms with Gasteiger partial charge in [0, 0.05) is 24.1 Å². The van der Waals surface area contributed by atoms with E-state index in [0.717, 1.165) is 0 Å². The van der Waals surface area contributed by atoms with E-state index < -0.39 is 29.4 Å². The fourth-order valence-corrected chi connectivity index (χ4v) is 3.45. The molecule has 0 saturated carbocycles. The van der Waals surface area contributed by atoms with Crippen molar-refractivity contribution in [3.05, 3.63) is 76.6 Å². The van der Waals surface area contributed by atoms with Gasteiger partial charge in [-0.05, 0) is 18.9 Å². The number of amides is 2. The number of aliphatic carboxylic acids is 1. The van der Waals surface area contributed by atoms with Crippen LogP contribution in [0.5, 0.6) is 0 Å². The largest absolute Gasteiger partial charge is 0.480 e. The van der Waals surface area contributed by atoms with Gasteiger partial charge in [0.05, 0.1) is 5.69 Å². The molecule has 3 rings (SSSR count). The normalized spacial score (nSPS) is 11.5. The minimum Gasteiger partial charge on any atom is -0.480 e. The first-order valence-corrected chi connectivity index (χ1v) is 10.4. The molecular weight excluding hydrogens is 424 g/mol. The van der Waals surface area contributed by atoms with Crippen molar-refractivity contribution in [3.63, 3.8) is 0 Å². The SMILES string of the molecule is CCn1nc(-c2ccccc2)c(-c2ccccc2)c(C(=O)NC(CCC(N)=O)C(=O)O)c1=O. The van der Waals surface area contributed by atoms with Crippen LogP contribution in [0.4, 0.5) is 0 Å². The van der Waals surface area contributed by atoms with Gasteiger partial charge in [0.1, 0.15) is 11.6 Å². The molecule has 4 N–H and O–H groups in total. The highest BCUT2D eigenvalue weighted by atomic mass is 16.4. The third-order valence-corrected chi connectivity index (χ3v) is 5.07. The summed E-state index contributed by atoms with van der Waals surface area (Å²) in [5.74, 6) is -2.89. The van der Waals surface area contributed by atoms with Crippen LogP contribution in [0.15, 0.2) is 65.5 Å². The molecule has 9 heteroatoms. The molecule has 1 aromatic heterocycles. The maximum Gasteiger partial charge on any atom is 0.326 e. The van der Waals surface area contributed by atoms with Gasteiger partial charge in [-0.25, -0.2) is 9.48 Å². The first kappa shape index (κ1) is 23.4. The Balaban J connectivity index is 2.23. The molecule has 9 nitrogen and oxygen atoms in total. The van der Waals surface area contributed by atoms with Gasteiger partial charge in [-0.15, -0.1) is 0 Å². The van der Waals surface area contributed by atoms with Crippen molar-refractivity contribution in [2.75, 3.05) is 0 Å². The van der Waals surface area contributed by atoms with Crippen molar-refractivity contribution < 1.29 is 19.5 Å². The van der Waals surface area contributed by atoms with Crippen LogP contribution in [-0.2, 0) is 16.1 Å². The summed E-state index contributed by atoms with van der Waals surface area (Å²) in [6.07, 6.45) is -0.427. The number of carbonyl (C=O) groups is 3. The fraction of sp³-hybridized carbons (Fsp3) is 0.208. The van der Waals surface area contributed by atoms with Gasteiger partial charge in [0.2, 0.25) is 5.91 Å². The molecule has 0 spiro atoms. The first-order valence-electron chi connectivity index (χ1n) is 10.4. The van der Waals surface area contributed by atoms with Gasteiger partial charge in [-0.1, -0.05) is 60.7 Å². The minimum atomic E-state index is -1.39. The van der Waals surface area contributed by atoms with E-state index in [1.54, 1.807) is 37.3 Å². The number of hydrogen-bond donors (Lipinski definition) is 3. The summed E-state index contributed by atoms with van der Waals surface area (Å²) in [5, 5.41) is 16.4. The summed E-state index contributed by atoms with van der Waals surface area (Å²) in [5.41, 5.74) is 6.24. The van der Waals surface area contributed by atoms with Crippen LogP contribution in [0, 0.1) is 0 Å². The molecule has 2 amide bonds. The van der Waals surface area contributed by atoms with Gasteiger partial charge in [-0.3, -0.25) is 14.4 Å². The average molecular weight is 448 g/mol. The summed E-state index contributed by atoms with van der Waals surface area (Å²) in [4.78, 5) is 49.4. The number of nitrogens with two attached hydrogens (primary N) is 1. The summed E-state index contributed by atoms with van der Waals surface area (Å²) in [7, 11) is 0. The summed E-state index contributed by atoms with van der Waals surface area (Å²) < 4.78 is 1.17. The Hall–Kier alpha value is -4.27. The number of benzene rings is 2. The lowest BCUT2D eigenvalue weighted by Crippen LogP contribution is -2.44. The zero-order valence-electron chi connectivity index (χ0n) is 18.0. The van der Waals surface area contributed by atoms with Crippen molar-refractivity contribution in [3.8, 4) is 22.4 Å². The predicted molar refractivity (Wildman–Crippen MR) is 122 cm³/mol. The Kier molecular flexibility index (Phi) is 7.34. The highest BCUT2D eigenvalue weighted by Crippen LogP contribution is 2.32. The van der Waals surface area contributed by atoms with Crippen LogP contribution in [0.1, 0.15) is 30.1 Å². The molecule has 0 radical (unpaired) electrons. The number of aryl methyl sites for hydroxylation is 1. The molecule has 0 fully saturated rings. The highest BCUT2D eigenvalue weighted by molar-refractivity contribution is 6.04. The number of rotatable bonds is 9. The Bertz CT molecular complexity index is 1220. The van der Waals surface area contributed by atoms with E-state index in [4.69, 9.17) is 5.73 Å². The van der Waals surface area contributed by atoms with Crippen molar-refractivity contribution in [1.82, 2.24) is 15.1 Å². The minimum absolute atomic E-state index is 0.199. The van der Waals surface area contributed by atoms with E-state index >= 15 is 0 Å². The third-order valence-electron chi connectivity index (χ3n) is 5.07. The standard InChI is InChI=1S/C24H24N4O5/c1-2-28-23(31)20(22(30)26-17(24(32)33)13-14-18(25)29)19(15-9-5-3-6-10-15)21(27-28)16-11-7-4-8-12-16/h3-12,17H,2,13-14H2,1H3,(H2,25,29)(H,26,30)(H,32,33). The second kappa shape index (κ2) is 10.4. The first-order chi connectivity index (χ1) is 15.8. The van der Waals surface area contributed by atoms with Crippen LogP contribution in [0.3, 0.4) is 0 Å². The molecule has 1 atom stereocenters. The quantitative estimate of drug-likeness (QED) is 0.457. The topological polar surface area (TPSA) is 144 Å². The van der Waals surface area contributed by atoms with Gasteiger partial charge in [-0.2, -0.15) is 5.10 Å². The number of carbonyl (C=O) groups excluding carboxylic acids is 2. The second-order valence-corrected chi connectivity index (χ2v) is 7.32. The number of aromatic nitrogens is 2. The third kappa shape index (κ3) is 5.32. The number of carboxylic acid groups (broad SMARTS) is 1. The molecule has 1 unspecified atom stereocenters. The molecule has 1 heterocycles. The number of carboxylic acids is 1. The summed E-state index contributed by atoms with van der Waals surface area (Å²) in [6.45, 7) is 1.93. The zero-order chi connectivity index (χ0) is 24.0. The van der Waals surface area contributed by atoms with E-state index in [2.05, 4.69) is 10.4 Å². The molecular formula is C24H24N4O5. The van der Waals surface area contributed by atoms with E-state index in [1.807, 2.05) is 30.3 Å². The van der Waals surface area contributed by atoms with Crippen LogP contribution in [0.25, 0.3) is 22.4 Å². The average Bonchev–Trinajstić information content (AvgIpc) is 2.82. The summed E-state index contributed by atoms with van der Waals surface area (Å²) >= 11 is 0. The number of hydrogen-bond acceptors (Lipinski definition) is 5. The van der Waals surface area contributed by atoms with Gasteiger partial charge < -0.3 is 16.2 Å². The summed E-state index contributed by atoms with van der Waals surface area (Å²) in [6, 6.07) is 16.5. The maximum atomic E-state index is 13.3. The van der Waals surface area contributed by atoms with Crippen LogP contribution < -0.4 is 16.6 Å². The lowest BCUT2D eigenvalue weighted by Gasteiger charge is -2.19. The van der Waals surface area contributed by atoms with Crippen LogP contribution in [0.2, 0.25) is 0 Å². The lowest BCUT2D eigenvalue weighted by atomic mass is 9.95. The Morgan fingerprint density at radius 1 is 1.03 bits per heavy atom. The molecule has 0 aliphatic heterocycles. The smallest absolute Gasteiger partial charge is 0.326 e. The van der Waals surface area contributed by atoms with E-state index in [0.29, 0.717) is 22.4 Å². The highest BCUT2D eigenvalue weighted by Gasteiger charge is 2.28. The zero-order valence-corrected chi connectivity index (χ0v) is 18.0. The lowest BCUT2D eigenvalue weighted by molar-refractivity contribution is -0.139. The monoisotopic (exact) mass is 448 g/mol.